The van der Waals surface area contributed by atoms with Crippen LogP contribution in [-0.4, -0.2) is 5.11 Å². The highest BCUT2D eigenvalue weighted by Gasteiger charge is 2.07. The standard InChI is InChI=1S/C9H5NOS2/c10-3-5-1-7(12)9-6(11)4-13-8(9)2-5/h1-2,4,11-12H. The van der Waals surface area contributed by atoms with E-state index in [0.29, 0.717) is 10.5 Å². The predicted octanol–water partition coefficient (Wildman–Crippen LogP) is 2.77. The lowest BCUT2D eigenvalue weighted by atomic mass is 10.2. The van der Waals surface area contributed by atoms with Crippen LogP contribution in [0.15, 0.2) is 22.4 Å². The molecule has 0 saturated heterocycles. The molecule has 0 unspecified atom stereocenters. The number of hydrogen-bond donors (Lipinski definition) is 2. The van der Waals surface area contributed by atoms with Crippen LogP contribution < -0.4 is 0 Å². The predicted molar refractivity (Wildman–Crippen MR) is 55.5 cm³/mol. The Balaban J connectivity index is 2.89. The normalized spacial score (nSPS) is 10.2. The van der Waals surface area contributed by atoms with Crippen molar-refractivity contribution in [1.82, 2.24) is 0 Å². The van der Waals surface area contributed by atoms with Crippen LogP contribution >= 0.6 is 24.0 Å². The third kappa shape index (κ3) is 1.26. The smallest absolute Gasteiger partial charge is 0.135 e. The molecule has 0 radical (unpaired) electrons. The molecule has 0 atom stereocenters. The first kappa shape index (κ1) is 8.42. The Kier molecular flexibility index (Phi) is 1.91. The van der Waals surface area contributed by atoms with E-state index in [4.69, 9.17) is 5.26 Å². The van der Waals surface area contributed by atoms with Crippen LogP contribution in [0.2, 0.25) is 0 Å². The van der Waals surface area contributed by atoms with Crippen LogP contribution in [0.1, 0.15) is 5.56 Å². The lowest BCUT2D eigenvalue weighted by Gasteiger charge is -1.96. The summed E-state index contributed by atoms with van der Waals surface area (Å²) in [5, 5.41) is 20.5. The van der Waals surface area contributed by atoms with Gasteiger partial charge in [0.1, 0.15) is 5.75 Å². The van der Waals surface area contributed by atoms with E-state index in [1.807, 2.05) is 6.07 Å². The summed E-state index contributed by atoms with van der Waals surface area (Å²) < 4.78 is 0.890. The van der Waals surface area contributed by atoms with E-state index in [1.54, 1.807) is 17.5 Å². The van der Waals surface area contributed by atoms with E-state index in [2.05, 4.69) is 12.6 Å². The van der Waals surface area contributed by atoms with Gasteiger partial charge in [-0.25, -0.2) is 0 Å². The van der Waals surface area contributed by atoms with Crippen molar-refractivity contribution in [2.24, 2.45) is 0 Å². The second kappa shape index (κ2) is 2.95. The minimum atomic E-state index is 0.231. The maximum atomic E-state index is 9.43. The lowest BCUT2D eigenvalue weighted by molar-refractivity contribution is 0.483. The maximum absolute atomic E-state index is 9.43. The average Bonchev–Trinajstić information content (AvgIpc) is 2.48. The monoisotopic (exact) mass is 207 g/mol. The summed E-state index contributed by atoms with van der Waals surface area (Å²) in [5.41, 5.74) is 0.569. The summed E-state index contributed by atoms with van der Waals surface area (Å²) in [4.78, 5) is 0.646. The third-order valence-electron chi connectivity index (χ3n) is 1.76. The Hall–Kier alpha value is -1.18. The topological polar surface area (TPSA) is 44.0 Å². The zero-order chi connectivity index (χ0) is 9.42. The van der Waals surface area contributed by atoms with Crippen molar-refractivity contribution in [2.75, 3.05) is 0 Å². The Morgan fingerprint density at radius 3 is 2.92 bits per heavy atom. The van der Waals surface area contributed by atoms with Crippen molar-refractivity contribution in [1.29, 1.82) is 5.26 Å². The number of hydrogen-bond acceptors (Lipinski definition) is 4. The molecule has 1 aromatic heterocycles. The van der Waals surface area contributed by atoms with Crippen molar-refractivity contribution < 1.29 is 5.11 Å². The van der Waals surface area contributed by atoms with E-state index in [0.717, 1.165) is 10.1 Å². The Morgan fingerprint density at radius 2 is 2.23 bits per heavy atom. The van der Waals surface area contributed by atoms with Gasteiger partial charge in [0.05, 0.1) is 11.6 Å². The minimum Gasteiger partial charge on any atom is -0.506 e. The molecule has 64 valence electrons. The zero-order valence-electron chi connectivity index (χ0n) is 6.48. The van der Waals surface area contributed by atoms with Gasteiger partial charge in [0, 0.05) is 20.4 Å². The summed E-state index contributed by atoms with van der Waals surface area (Å²) in [6.07, 6.45) is 0. The number of thiol groups is 1. The Labute approximate surface area is 84.5 Å². The van der Waals surface area contributed by atoms with Crippen molar-refractivity contribution in [3.05, 3.63) is 23.1 Å². The van der Waals surface area contributed by atoms with Gasteiger partial charge in [-0.15, -0.1) is 24.0 Å². The van der Waals surface area contributed by atoms with Gasteiger partial charge in [0.2, 0.25) is 0 Å². The van der Waals surface area contributed by atoms with Crippen molar-refractivity contribution in [3.63, 3.8) is 0 Å². The second-order valence-corrected chi connectivity index (χ2v) is 3.99. The van der Waals surface area contributed by atoms with Crippen LogP contribution in [0, 0.1) is 11.3 Å². The molecule has 1 aromatic carbocycles. The number of thiophene rings is 1. The fourth-order valence-corrected chi connectivity index (χ4v) is 2.53. The molecule has 0 saturated carbocycles. The molecule has 0 spiro atoms. The van der Waals surface area contributed by atoms with Gasteiger partial charge >= 0.3 is 0 Å². The van der Waals surface area contributed by atoms with Crippen molar-refractivity contribution in [3.8, 4) is 11.8 Å². The van der Waals surface area contributed by atoms with Crippen molar-refractivity contribution >= 4 is 34.1 Å². The Bertz CT molecular complexity index is 510. The van der Waals surface area contributed by atoms with E-state index in [9.17, 15) is 5.11 Å². The first-order chi connectivity index (χ1) is 6.22. The van der Waals surface area contributed by atoms with E-state index >= 15 is 0 Å². The van der Waals surface area contributed by atoms with Crippen LogP contribution in [0.4, 0.5) is 0 Å². The molecule has 1 heterocycles. The van der Waals surface area contributed by atoms with Gasteiger partial charge in [-0.2, -0.15) is 5.26 Å². The van der Waals surface area contributed by atoms with Crippen LogP contribution in [0.5, 0.6) is 5.75 Å². The summed E-state index contributed by atoms with van der Waals surface area (Å²) in [6.45, 7) is 0. The molecule has 0 aliphatic carbocycles. The second-order valence-electron chi connectivity index (χ2n) is 2.60. The fourth-order valence-electron chi connectivity index (χ4n) is 1.19. The summed E-state index contributed by atoms with van der Waals surface area (Å²) in [5.74, 6) is 0.231. The van der Waals surface area contributed by atoms with E-state index in [-0.39, 0.29) is 5.75 Å². The van der Waals surface area contributed by atoms with Gasteiger partial charge in [-0.1, -0.05) is 0 Å². The van der Waals surface area contributed by atoms with Gasteiger partial charge < -0.3 is 5.11 Å². The maximum Gasteiger partial charge on any atom is 0.135 e. The van der Waals surface area contributed by atoms with Gasteiger partial charge in [0.25, 0.3) is 0 Å². The molecule has 2 aromatic rings. The molecule has 0 aliphatic rings. The van der Waals surface area contributed by atoms with Crippen LogP contribution in [0.25, 0.3) is 10.1 Å². The number of aromatic hydroxyl groups is 1. The van der Waals surface area contributed by atoms with Gasteiger partial charge in [-0.05, 0) is 12.1 Å². The molecule has 13 heavy (non-hydrogen) atoms. The first-order valence-corrected chi connectivity index (χ1v) is 4.88. The summed E-state index contributed by atoms with van der Waals surface area (Å²) in [6, 6.07) is 5.45. The largest absolute Gasteiger partial charge is 0.506 e. The molecule has 4 heteroatoms. The number of rotatable bonds is 0. The van der Waals surface area contributed by atoms with Gasteiger partial charge in [-0.3, -0.25) is 0 Å². The lowest BCUT2D eigenvalue weighted by Crippen LogP contribution is -1.75. The van der Waals surface area contributed by atoms with Gasteiger partial charge in [0.15, 0.2) is 0 Å². The highest BCUT2D eigenvalue weighted by Crippen LogP contribution is 2.36. The number of nitrogens with zero attached hydrogens (tertiary/aromatic N) is 1. The van der Waals surface area contributed by atoms with E-state index in [1.165, 1.54) is 11.3 Å². The molecule has 0 amide bonds. The third-order valence-corrected chi connectivity index (χ3v) is 3.03. The van der Waals surface area contributed by atoms with Crippen LogP contribution in [0.3, 0.4) is 0 Å². The summed E-state index contributed by atoms with van der Waals surface area (Å²) in [7, 11) is 0. The fraction of sp³-hybridized carbons (Fsp3) is 0. The first-order valence-electron chi connectivity index (χ1n) is 3.55. The van der Waals surface area contributed by atoms with Crippen molar-refractivity contribution in [2.45, 2.75) is 4.90 Å². The molecule has 1 N–H and O–H groups in total. The van der Waals surface area contributed by atoms with Crippen LogP contribution in [-0.2, 0) is 0 Å². The molecular weight excluding hydrogens is 202 g/mol. The molecule has 0 aliphatic heterocycles. The molecular formula is C9H5NOS2. The summed E-state index contributed by atoms with van der Waals surface area (Å²) >= 11 is 5.61. The number of nitriles is 1. The molecule has 2 nitrogen and oxygen atoms in total. The Morgan fingerprint density at radius 1 is 1.46 bits per heavy atom. The molecule has 2 rings (SSSR count). The highest BCUT2D eigenvalue weighted by molar-refractivity contribution is 7.80. The highest BCUT2D eigenvalue weighted by atomic mass is 32.1. The van der Waals surface area contributed by atoms with E-state index < -0.39 is 0 Å². The zero-order valence-corrected chi connectivity index (χ0v) is 8.19. The SMILES string of the molecule is N#Cc1cc(S)c2c(O)csc2c1. The minimum absolute atomic E-state index is 0.231. The number of benzene rings is 1. The average molecular weight is 207 g/mol. The molecule has 0 bridgehead atoms. The molecule has 0 fully saturated rings. The quantitative estimate of drug-likeness (QED) is 0.652. The number of fused-ring (bicyclic) bond motifs is 1.